The molecule has 0 amide bonds. The van der Waals surface area contributed by atoms with Gasteiger partial charge in [0.15, 0.2) is 0 Å². The molecule has 2 aliphatic rings. The standard InChI is InChI=1S/C19H24N4O2S/c1-22-11-9-18-16(13-22)12-20-19(21-18)15-6-5-10-23(14-15)26(24,25)17-7-3-2-4-8-17/h2-4,7-8,12,15H,5-6,9-11,13-14H2,1H3/t15-/m1/s1. The van der Waals surface area contributed by atoms with Crippen LogP contribution in [0.5, 0.6) is 0 Å². The van der Waals surface area contributed by atoms with Gasteiger partial charge in [-0.05, 0) is 32.0 Å². The molecule has 0 unspecified atom stereocenters. The summed E-state index contributed by atoms with van der Waals surface area (Å²) < 4.78 is 27.4. The quantitative estimate of drug-likeness (QED) is 0.825. The second kappa shape index (κ2) is 7.06. The minimum absolute atomic E-state index is 0.0622. The van der Waals surface area contributed by atoms with E-state index in [4.69, 9.17) is 4.98 Å². The number of likely N-dealkylation sites (N-methyl/N-ethyl adjacent to an activating group) is 1. The summed E-state index contributed by atoms with van der Waals surface area (Å²) in [4.78, 5) is 12.0. The summed E-state index contributed by atoms with van der Waals surface area (Å²) in [6, 6.07) is 8.67. The van der Waals surface area contributed by atoms with Gasteiger partial charge < -0.3 is 4.90 Å². The molecule has 1 fully saturated rings. The van der Waals surface area contributed by atoms with E-state index in [-0.39, 0.29) is 5.92 Å². The van der Waals surface area contributed by atoms with Crippen LogP contribution in [0, 0.1) is 0 Å². The predicted molar refractivity (Wildman–Crippen MR) is 99.2 cm³/mol. The Kier molecular flexibility index (Phi) is 4.77. The van der Waals surface area contributed by atoms with Gasteiger partial charge in [0.2, 0.25) is 10.0 Å². The summed E-state index contributed by atoms with van der Waals surface area (Å²) in [5.74, 6) is 0.855. The SMILES string of the molecule is CN1CCc2nc([C@@H]3CCCN(S(=O)(=O)c4ccccc4)C3)ncc2C1. The molecule has 0 saturated carbocycles. The van der Waals surface area contributed by atoms with Crippen LogP contribution >= 0.6 is 0 Å². The second-order valence-corrected chi connectivity index (χ2v) is 9.14. The molecule has 26 heavy (non-hydrogen) atoms. The maximum atomic E-state index is 12.9. The Hall–Kier alpha value is -1.83. The van der Waals surface area contributed by atoms with Crippen LogP contribution in [0.15, 0.2) is 41.4 Å². The molecule has 138 valence electrons. The zero-order valence-corrected chi connectivity index (χ0v) is 15.8. The van der Waals surface area contributed by atoms with Crippen molar-refractivity contribution in [3.05, 3.63) is 53.6 Å². The first-order valence-corrected chi connectivity index (χ1v) is 10.6. The Morgan fingerprint density at radius 3 is 2.77 bits per heavy atom. The Balaban J connectivity index is 1.56. The van der Waals surface area contributed by atoms with Crippen LogP contribution < -0.4 is 0 Å². The van der Waals surface area contributed by atoms with Gasteiger partial charge in [0, 0.05) is 56.0 Å². The number of sulfonamides is 1. The van der Waals surface area contributed by atoms with Crippen LogP contribution in [0.4, 0.5) is 0 Å². The Labute approximate surface area is 154 Å². The number of rotatable bonds is 3. The summed E-state index contributed by atoms with van der Waals surface area (Å²) in [7, 11) is -1.35. The molecule has 2 aliphatic heterocycles. The van der Waals surface area contributed by atoms with Gasteiger partial charge in [0.25, 0.3) is 0 Å². The fourth-order valence-corrected chi connectivity index (χ4v) is 5.33. The molecule has 0 bridgehead atoms. The van der Waals surface area contributed by atoms with Crippen molar-refractivity contribution in [2.45, 2.75) is 36.6 Å². The highest BCUT2D eigenvalue weighted by Gasteiger charge is 2.32. The molecule has 0 spiro atoms. The van der Waals surface area contributed by atoms with Crippen LogP contribution in [0.25, 0.3) is 0 Å². The van der Waals surface area contributed by atoms with Crippen LogP contribution in [-0.2, 0) is 23.0 Å². The molecule has 0 aliphatic carbocycles. The highest BCUT2D eigenvalue weighted by molar-refractivity contribution is 7.89. The summed E-state index contributed by atoms with van der Waals surface area (Å²) in [6.45, 7) is 2.90. The molecule has 3 heterocycles. The zero-order chi connectivity index (χ0) is 18.1. The number of hydrogen-bond donors (Lipinski definition) is 0. The Morgan fingerprint density at radius 2 is 1.96 bits per heavy atom. The molecule has 7 heteroatoms. The van der Waals surface area contributed by atoms with E-state index in [1.807, 2.05) is 12.3 Å². The van der Waals surface area contributed by atoms with E-state index in [1.165, 1.54) is 5.56 Å². The smallest absolute Gasteiger partial charge is 0.243 e. The molecule has 1 saturated heterocycles. The van der Waals surface area contributed by atoms with E-state index >= 15 is 0 Å². The average Bonchev–Trinajstić information content (AvgIpc) is 2.68. The van der Waals surface area contributed by atoms with E-state index in [0.29, 0.717) is 18.0 Å². The van der Waals surface area contributed by atoms with Crippen molar-refractivity contribution in [3.8, 4) is 0 Å². The minimum Gasteiger partial charge on any atom is -0.302 e. The monoisotopic (exact) mass is 372 g/mol. The third-order valence-electron chi connectivity index (χ3n) is 5.27. The molecule has 0 radical (unpaired) electrons. The van der Waals surface area contributed by atoms with Gasteiger partial charge in [0.1, 0.15) is 5.82 Å². The van der Waals surface area contributed by atoms with Crippen molar-refractivity contribution < 1.29 is 8.42 Å². The first kappa shape index (κ1) is 17.6. The lowest BCUT2D eigenvalue weighted by atomic mass is 9.98. The molecule has 6 nitrogen and oxygen atoms in total. The molecule has 1 aromatic carbocycles. The predicted octanol–water partition coefficient (Wildman–Crippen LogP) is 2.03. The maximum absolute atomic E-state index is 12.9. The summed E-state index contributed by atoms with van der Waals surface area (Å²) in [5.41, 5.74) is 2.31. The highest BCUT2D eigenvalue weighted by atomic mass is 32.2. The van der Waals surface area contributed by atoms with E-state index < -0.39 is 10.0 Å². The molecule has 2 aromatic rings. The summed E-state index contributed by atoms with van der Waals surface area (Å²) >= 11 is 0. The largest absolute Gasteiger partial charge is 0.302 e. The third-order valence-corrected chi connectivity index (χ3v) is 7.15. The Morgan fingerprint density at radius 1 is 1.15 bits per heavy atom. The Bertz CT molecular complexity index is 886. The van der Waals surface area contributed by atoms with Gasteiger partial charge in [-0.15, -0.1) is 0 Å². The molecular weight excluding hydrogens is 348 g/mol. The normalized spacial score (nSPS) is 22.1. The van der Waals surface area contributed by atoms with E-state index in [1.54, 1.807) is 28.6 Å². The van der Waals surface area contributed by atoms with Gasteiger partial charge in [-0.1, -0.05) is 18.2 Å². The maximum Gasteiger partial charge on any atom is 0.243 e. The van der Waals surface area contributed by atoms with Gasteiger partial charge >= 0.3 is 0 Å². The minimum atomic E-state index is -3.46. The first-order valence-electron chi connectivity index (χ1n) is 9.12. The van der Waals surface area contributed by atoms with Crippen molar-refractivity contribution in [1.82, 2.24) is 19.2 Å². The molecule has 1 aromatic heterocycles. The lowest BCUT2D eigenvalue weighted by Gasteiger charge is -2.32. The number of hydrogen-bond acceptors (Lipinski definition) is 5. The summed E-state index contributed by atoms with van der Waals surface area (Å²) in [6.07, 6.45) is 4.62. The van der Waals surface area contributed by atoms with Crippen LogP contribution in [0.2, 0.25) is 0 Å². The molecular formula is C19H24N4O2S. The molecule has 4 rings (SSSR count). The number of nitrogens with zero attached hydrogens (tertiary/aromatic N) is 4. The fourth-order valence-electron chi connectivity index (χ4n) is 3.78. The van der Waals surface area contributed by atoms with Crippen molar-refractivity contribution in [3.63, 3.8) is 0 Å². The van der Waals surface area contributed by atoms with E-state index in [0.717, 1.165) is 43.9 Å². The van der Waals surface area contributed by atoms with Crippen molar-refractivity contribution in [1.29, 1.82) is 0 Å². The fraction of sp³-hybridized carbons (Fsp3) is 0.474. The topological polar surface area (TPSA) is 66.4 Å². The van der Waals surface area contributed by atoms with E-state index in [9.17, 15) is 8.42 Å². The third kappa shape index (κ3) is 3.39. The second-order valence-electron chi connectivity index (χ2n) is 7.20. The number of piperidine rings is 1. The van der Waals surface area contributed by atoms with Crippen LogP contribution in [-0.4, -0.2) is 54.3 Å². The van der Waals surface area contributed by atoms with Crippen LogP contribution in [0.3, 0.4) is 0 Å². The highest BCUT2D eigenvalue weighted by Crippen LogP contribution is 2.29. The molecule has 1 atom stereocenters. The van der Waals surface area contributed by atoms with Gasteiger partial charge in [0.05, 0.1) is 4.90 Å². The number of benzene rings is 1. The average molecular weight is 372 g/mol. The van der Waals surface area contributed by atoms with Crippen molar-refractivity contribution in [2.24, 2.45) is 0 Å². The van der Waals surface area contributed by atoms with Crippen molar-refractivity contribution >= 4 is 10.0 Å². The lowest BCUT2D eigenvalue weighted by molar-refractivity contribution is 0.299. The van der Waals surface area contributed by atoms with Crippen molar-refractivity contribution in [2.75, 3.05) is 26.7 Å². The zero-order valence-electron chi connectivity index (χ0n) is 15.0. The summed E-state index contributed by atoms with van der Waals surface area (Å²) in [5, 5.41) is 0. The number of aromatic nitrogens is 2. The van der Waals surface area contributed by atoms with Gasteiger partial charge in [-0.3, -0.25) is 0 Å². The van der Waals surface area contributed by atoms with E-state index in [2.05, 4.69) is 16.9 Å². The lowest BCUT2D eigenvalue weighted by Crippen LogP contribution is -2.39. The van der Waals surface area contributed by atoms with Crippen LogP contribution in [0.1, 0.15) is 35.8 Å². The molecule has 0 N–H and O–H groups in total. The van der Waals surface area contributed by atoms with Gasteiger partial charge in [-0.2, -0.15) is 4.31 Å². The van der Waals surface area contributed by atoms with Gasteiger partial charge in [-0.25, -0.2) is 18.4 Å². The number of fused-ring (bicyclic) bond motifs is 1. The first-order chi connectivity index (χ1) is 12.5.